The molecule has 0 bridgehead atoms. The van der Waals surface area contributed by atoms with Gasteiger partial charge in [0.05, 0.1) is 12.1 Å². The van der Waals surface area contributed by atoms with Crippen LogP contribution >= 0.6 is 0 Å². The van der Waals surface area contributed by atoms with E-state index < -0.39 is 6.04 Å². The first kappa shape index (κ1) is 15.3. The third-order valence-electron chi connectivity index (χ3n) is 5.26. The highest BCUT2D eigenvalue weighted by atomic mass is 16.7. The molecule has 1 unspecified atom stereocenters. The van der Waals surface area contributed by atoms with Crippen LogP contribution in [0.4, 0.5) is 5.69 Å². The lowest BCUT2D eigenvalue weighted by Crippen LogP contribution is -2.25. The topological polar surface area (TPSA) is 59.0 Å². The molecule has 2 fully saturated rings. The summed E-state index contributed by atoms with van der Waals surface area (Å²) in [5.41, 5.74) is 2.35. The molecule has 0 aromatic heterocycles. The number of fused-ring (bicyclic) bond motifs is 1. The standard InChI is InChI=1S/C21H19NO4/c23-20(14-6-7-14)16-11-22(15-8-9-17-18(10-15)26-12-25-17)19(21(16)24)13-4-2-1-3-5-13/h1-5,8-10,14,19,23H,6-7,11-12H2. The van der Waals surface area contributed by atoms with Gasteiger partial charge in [0.2, 0.25) is 6.79 Å². The molecule has 5 rings (SSSR count). The average molecular weight is 349 g/mol. The number of aliphatic hydroxyl groups is 1. The zero-order valence-electron chi connectivity index (χ0n) is 14.2. The Morgan fingerprint density at radius 2 is 1.81 bits per heavy atom. The minimum atomic E-state index is -0.438. The second-order valence-electron chi connectivity index (χ2n) is 6.98. The van der Waals surface area contributed by atoms with Crippen LogP contribution in [-0.4, -0.2) is 24.2 Å². The molecule has 5 heteroatoms. The van der Waals surface area contributed by atoms with Crippen molar-refractivity contribution in [3.8, 4) is 11.5 Å². The number of Topliss-reactive ketones (excluding diaryl/α,β-unsaturated/α-hetero) is 1. The van der Waals surface area contributed by atoms with Crippen molar-refractivity contribution in [1.82, 2.24) is 0 Å². The van der Waals surface area contributed by atoms with Gasteiger partial charge in [0.1, 0.15) is 11.8 Å². The van der Waals surface area contributed by atoms with Gasteiger partial charge in [-0.15, -0.1) is 0 Å². The highest BCUT2D eigenvalue weighted by molar-refractivity contribution is 6.06. The van der Waals surface area contributed by atoms with Gasteiger partial charge in [-0.1, -0.05) is 30.3 Å². The summed E-state index contributed by atoms with van der Waals surface area (Å²) in [6.07, 6.45) is 1.92. The van der Waals surface area contributed by atoms with E-state index >= 15 is 0 Å². The van der Waals surface area contributed by atoms with Crippen LogP contribution in [0.15, 0.2) is 59.9 Å². The molecule has 5 nitrogen and oxygen atoms in total. The molecule has 1 atom stereocenters. The lowest BCUT2D eigenvalue weighted by Gasteiger charge is -2.25. The first-order valence-electron chi connectivity index (χ1n) is 8.90. The fourth-order valence-corrected chi connectivity index (χ4v) is 3.73. The summed E-state index contributed by atoms with van der Waals surface area (Å²) < 4.78 is 10.9. The Bertz CT molecular complexity index is 901. The number of ether oxygens (including phenoxy) is 2. The Hall–Kier alpha value is -2.95. The van der Waals surface area contributed by atoms with Crippen molar-refractivity contribution in [2.45, 2.75) is 18.9 Å². The first-order valence-corrected chi connectivity index (χ1v) is 8.90. The molecule has 2 aromatic rings. The van der Waals surface area contributed by atoms with Gasteiger partial charge in [-0.05, 0) is 30.5 Å². The number of ketones is 1. The van der Waals surface area contributed by atoms with Crippen LogP contribution in [-0.2, 0) is 4.79 Å². The monoisotopic (exact) mass is 349 g/mol. The number of hydrogen-bond acceptors (Lipinski definition) is 5. The number of nitrogens with zero attached hydrogens (tertiary/aromatic N) is 1. The van der Waals surface area contributed by atoms with E-state index in [0.29, 0.717) is 23.6 Å². The van der Waals surface area contributed by atoms with E-state index in [0.717, 1.165) is 24.1 Å². The zero-order chi connectivity index (χ0) is 17.7. The van der Waals surface area contributed by atoms with Crippen molar-refractivity contribution in [1.29, 1.82) is 0 Å². The molecule has 1 N–H and O–H groups in total. The van der Waals surface area contributed by atoms with E-state index in [-0.39, 0.29) is 24.3 Å². The number of carbonyl (C=O) groups excluding carboxylic acids is 1. The van der Waals surface area contributed by atoms with Crippen molar-refractivity contribution in [3.63, 3.8) is 0 Å². The van der Waals surface area contributed by atoms with Gasteiger partial charge in [0.25, 0.3) is 0 Å². The van der Waals surface area contributed by atoms with Gasteiger partial charge in [-0.3, -0.25) is 4.79 Å². The number of allylic oxidation sites excluding steroid dienone is 1. The fourth-order valence-electron chi connectivity index (χ4n) is 3.73. The average Bonchev–Trinajstić information content (AvgIpc) is 3.32. The van der Waals surface area contributed by atoms with Crippen LogP contribution < -0.4 is 14.4 Å². The van der Waals surface area contributed by atoms with E-state index in [1.807, 2.05) is 53.4 Å². The van der Waals surface area contributed by atoms with Crippen molar-refractivity contribution >= 4 is 11.5 Å². The summed E-state index contributed by atoms with van der Waals surface area (Å²) >= 11 is 0. The molecule has 26 heavy (non-hydrogen) atoms. The normalized spacial score (nSPS) is 23.5. The number of carbonyl (C=O) groups is 1. The van der Waals surface area contributed by atoms with E-state index in [4.69, 9.17) is 9.47 Å². The molecule has 1 saturated carbocycles. The lowest BCUT2D eigenvalue weighted by molar-refractivity contribution is -0.115. The van der Waals surface area contributed by atoms with E-state index in [1.54, 1.807) is 0 Å². The second-order valence-corrected chi connectivity index (χ2v) is 6.98. The second kappa shape index (κ2) is 5.80. The van der Waals surface area contributed by atoms with Crippen LogP contribution in [0, 0.1) is 5.92 Å². The van der Waals surface area contributed by atoms with Crippen LogP contribution in [0.5, 0.6) is 11.5 Å². The third kappa shape index (κ3) is 2.43. The van der Waals surface area contributed by atoms with Gasteiger partial charge in [0.15, 0.2) is 17.3 Å². The van der Waals surface area contributed by atoms with Crippen LogP contribution in [0.3, 0.4) is 0 Å². The third-order valence-corrected chi connectivity index (χ3v) is 5.26. The lowest BCUT2D eigenvalue weighted by atomic mass is 10.00. The van der Waals surface area contributed by atoms with Gasteiger partial charge in [-0.25, -0.2) is 0 Å². The Morgan fingerprint density at radius 1 is 1.04 bits per heavy atom. The summed E-state index contributed by atoms with van der Waals surface area (Å²) in [6, 6.07) is 15.0. The van der Waals surface area contributed by atoms with E-state index in [1.165, 1.54) is 0 Å². The van der Waals surface area contributed by atoms with Crippen LogP contribution in [0.25, 0.3) is 0 Å². The Labute approximate surface area is 151 Å². The maximum Gasteiger partial charge on any atom is 0.231 e. The smallest absolute Gasteiger partial charge is 0.231 e. The molecule has 3 aliphatic rings. The van der Waals surface area contributed by atoms with Crippen molar-refractivity contribution in [3.05, 3.63) is 65.4 Å². The molecule has 0 spiro atoms. The van der Waals surface area contributed by atoms with Crippen molar-refractivity contribution in [2.75, 3.05) is 18.2 Å². The van der Waals surface area contributed by atoms with E-state index in [9.17, 15) is 9.90 Å². The number of aliphatic hydroxyl groups excluding tert-OH is 1. The predicted octanol–water partition coefficient (Wildman–Crippen LogP) is 3.77. The number of rotatable bonds is 3. The van der Waals surface area contributed by atoms with Gasteiger partial charge in [0, 0.05) is 17.7 Å². The highest BCUT2D eigenvalue weighted by Crippen LogP contribution is 2.44. The Balaban J connectivity index is 1.59. The molecule has 1 saturated heterocycles. The van der Waals surface area contributed by atoms with Gasteiger partial charge >= 0.3 is 0 Å². The molecule has 1 aliphatic carbocycles. The summed E-state index contributed by atoms with van der Waals surface area (Å²) in [4.78, 5) is 15.2. The molecule has 132 valence electrons. The summed E-state index contributed by atoms with van der Waals surface area (Å²) in [6.45, 7) is 0.619. The molecule has 0 amide bonds. The molecule has 2 aliphatic heterocycles. The number of benzene rings is 2. The predicted molar refractivity (Wildman–Crippen MR) is 96.5 cm³/mol. The largest absolute Gasteiger partial charge is 0.512 e. The van der Waals surface area contributed by atoms with E-state index in [2.05, 4.69) is 0 Å². The molecular formula is C21H19NO4. The Kier molecular flexibility index (Phi) is 3.42. The Morgan fingerprint density at radius 3 is 2.58 bits per heavy atom. The first-order chi connectivity index (χ1) is 12.7. The van der Waals surface area contributed by atoms with Crippen LogP contribution in [0.2, 0.25) is 0 Å². The summed E-state index contributed by atoms with van der Waals surface area (Å²) in [5, 5.41) is 10.5. The molecule has 2 aromatic carbocycles. The molecule has 2 heterocycles. The van der Waals surface area contributed by atoms with Crippen molar-refractivity contribution in [2.24, 2.45) is 5.92 Å². The van der Waals surface area contributed by atoms with Crippen molar-refractivity contribution < 1.29 is 19.4 Å². The van der Waals surface area contributed by atoms with Crippen LogP contribution in [0.1, 0.15) is 24.4 Å². The quantitative estimate of drug-likeness (QED) is 0.675. The SMILES string of the molecule is O=C1C(=C(O)C2CC2)CN(c2ccc3c(c2)OCO3)C1c1ccccc1. The van der Waals surface area contributed by atoms with Gasteiger partial charge in [-0.2, -0.15) is 0 Å². The minimum absolute atomic E-state index is 0.0155. The maximum absolute atomic E-state index is 13.2. The van der Waals surface area contributed by atoms with Gasteiger partial charge < -0.3 is 19.5 Å². The number of hydrogen-bond donors (Lipinski definition) is 1. The zero-order valence-corrected chi connectivity index (χ0v) is 14.2. The minimum Gasteiger partial charge on any atom is -0.512 e. The summed E-state index contributed by atoms with van der Waals surface area (Å²) in [7, 11) is 0. The maximum atomic E-state index is 13.2. The fraction of sp³-hybridized carbons (Fsp3) is 0.286. The molecule has 0 radical (unpaired) electrons. The molecular weight excluding hydrogens is 330 g/mol. The summed E-state index contributed by atoms with van der Waals surface area (Å²) in [5.74, 6) is 1.82. The number of anilines is 1. The highest BCUT2D eigenvalue weighted by Gasteiger charge is 2.42.